The molecule has 3 heteroatoms. The molecule has 2 N–H and O–H groups in total. The molecule has 0 unspecified atom stereocenters. The lowest BCUT2D eigenvalue weighted by Gasteiger charge is -2.03. The van der Waals surface area contributed by atoms with E-state index < -0.39 is 0 Å². The van der Waals surface area contributed by atoms with Crippen molar-refractivity contribution in [2.75, 3.05) is 5.73 Å². The number of hydrogen-bond acceptors (Lipinski definition) is 2. The number of Topliss-reactive ketones (excluding diaryl/α,β-unsaturated/α-hetero) is 1. The standard InChI is InChI=1S/C16H16FNO/c17-14-5-1-4-13(9-14)11-16(19)8-7-12-3-2-6-15(18)10-12/h1-6,9-10H,7-8,11,18H2. The molecule has 0 spiro atoms. The van der Waals surface area contributed by atoms with Crippen LogP contribution in [0.5, 0.6) is 0 Å². The molecule has 0 fully saturated rings. The van der Waals surface area contributed by atoms with E-state index in [4.69, 9.17) is 5.73 Å². The lowest BCUT2D eigenvalue weighted by atomic mass is 10.0. The fourth-order valence-electron chi connectivity index (χ4n) is 2.00. The largest absolute Gasteiger partial charge is 0.399 e. The van der Waals surface area contributed by atoms with E-state index >= 15 is 0 Å². The first-order valence-electron chi connectivity index (χ1n) is 6.24. The summed E-state index contributed by atoms with van der Waals surface area (Å²) in [4.78, 5) is 11.8. The van der Waals surface area contributed by atoms with Gasteiger partial charge in [0.25, 0.3) is 0 Å². The van der Waals surface area contributed by atoms with Gasteiger partial charge in [-0.15, -0.1) is 0 Å². The average Bonchev–Trinajstić information content (AvgIpc) is 2.36. The summed E-state index contributed by atoms with van der Waals surface area (Å²) >= 11 is 0. The van der Waals surface area contributed by atoms with Gasteiger partial charge in [-0.3, -0.25) is 4.79 Å². The maximum atomic E-state index is 13.0. The Labute approximate surface area is 112 Å². The smallest absolute Gasteiger partial charge is 0.137 e. The van der Waals surface area contributed by atoms with Crippen molar-refractivity contribution in [1.29, 1.82) is 0 Å². The van der Waals surface area contributed by atoms with Crippen LogP contribution in [-0.4, -0.2) is 5.78 Å². The Morgan fingerprint density at radius 3 is 2.53 bits per heavy atom. The van der Waals surface area contributed by atoms with E-state index in [1.165, 1.54) is 12.1 Å². The van der Waals surface area contributed by atoms with Crippen LogP contribution >= 0.6 is 0 Å². The first kappa shape index (κ1) is 13.3. The van der Waals surface area contributed by atoms with Crippen LogP contribution in [0, 0.1) is 5.82 Å². The van der Waals surface area contributed by atoms with E-state index in [2.05, 4.69) is 0 Å². The first-order chi connectivity index (χ1) is 9.13. The molecule has 0 radical (unpaired) electrons. The second kappa shape index (κ2) is 6.14. The predicted molar refractivity (Wildman–Crippen MR) is 74.3 cm³/mol. The van der Waals surface area contributed by atoms with E-state index in [1.807, 2.05) is 24.3 Å². The molecule has 0 heterocycles. The summed E-state index contributed by atoms with van der Waals surface area (Å²) in [6.07, 6.45) is 1.39. The second-order valence-electron chi connectivity index (χ2n) is 4.59. The SMILES string of the molecule is Nc1cccc(CCC(=O)Cc2cccc(F)c2)c1. The topological polar surface area (TPSA) is 43.1 Å². The van der Waals surface area contributed by atoms with Gasteiger partial charge in [-0.25, -0.2) is 4.39 Å². The number of nitrogens with two attached hydrogens (primary N) is 1. The van der Waals surface area contributed by atoms with Crippen LogP contribution in [0.15, 0.2) is 48.5 Å². The van der Waals surface area contributed by atoms with Gasteiger partial charge in [-0.05, 0) is 41.8 Å². The van der Waals surface area contributed by atoms with Crippen molar-refractivity contribution >= 4 is 11.5 Å². The third-order valence-corrected chi connectivity index (χ3v) is 2.93. The van der Waals surface area contributed by atoms with Crippen molar-refractivity contribution < 1.29 is 9.18 Å². The van der Waals surface area contributed by atoms with Gasteiger partial charge in [0, 0.05) is 18.5 Å². The van der Waals surface area contributed by atoms with Gasteiger partial charge in [-0.1, -0.05) is 24.3 Å². The molecule has 2 rings (SSSR count). The Kier molecular flexibility index (Phi) is 4.29. The molecule has 98 valence electrons. The molecule has 2 aromatic carbocycles. The van der Waals surface area contributed by atoms with Gasteiger partial charge in [-0.2, -0.15) is 0 Å². The molecule has 0 saturated carbocycles. The Balaban J connectivity index is 1.88. The van der Waals surface area contributed by atoms with Crippen LogP contribution in [0.25, 0.3) is 0 Å². The van der Waals surface area contributed by atoms with Gasteiger partial charge >= 0.3 is 0 Å². The van der Waals surface area contributed by atoms with Gasteiger partial charge in [0.1, 0.15) is 11.6 Å². The Morgan fingerprint density at radius 2 is 1.79 bits per heavy atom. The lowest BCUT2D eigenvalue weighted by Crippen LogP contribution is -2.04. The van der Waals surface area contributed by atoms with Crippen LogP contribution in [0.4, 0.5) is 10.1 Å². The molecule has 19 heavy (non-hydrogen) atoms. The zero-order valence-corrected chi connectivity index (χ0v) is 10.6. The molecule has 2 aromatic rings. The number of rotatable bonds is 5. The van der Waals surface area contributed by atoms with E-state index in [-0.39, 0.29) is 18.0 Å². The number of carbonyl (C=O) groups excluding carboxylic acids is 1. The molecule has 0 aliphatic carbocycles. The normalized spacial score (nSPS) is 10.4. The minimum atomic E-state index is -0.305. The van der Waals surface area contributed by atoms with Gasteiger partial charge < -0.3 is 5.73 Å². The van der Waals surface area contributed by atoms with Crippen molar-refractivity contribution in [2.24, 2.45) is 0 Å². The van der Waals surface area contributed by atoms with Crippen LogP contribution in [0.1, 0.15) is 17.5 Å². The number of benzene rings is 2. The minimum absolute atomic E-state index is 0.105. The number of nitrogen functional groups attached to an aromatic ring is 1. The lowest BCUT2D eigenvalue weighted by molar-refractivity contribution is -0.118. The highest BCUT2D eigenvalue weighted by Crippen LogP contribution is 2.11. The number of anilines is 1. The molecule has 0 bridgehead atoms. The Bertz CT molecular complexity index is 580. The summed E-state index contributed by atoms with van der Waals surface area (Å²) in [5.74, 6) is -0.200. The van der Waals surface area contributed by atoms with Crippen LogP contribution in [0.3, 0.4) is 0 Å². The predicted octanol–water partition coefficient (Wildman–Crippen LogP) is 3.15. The first-order valence-corrected chi connectivity index (χ1v) is 6.24. The minimum Gasteiger partial charge on any atom is -0.399 e. The van der Waals surface area contributed by atoms with Crippen molar-refractivity contribution in [3.8, 4) is 0 Å². The molecule has 0 aliphatic rings. The number of carbonyl (C=O) groups is 1. The van der Waals surface area contributed by atoms with E-state index in [9.17, 15) is 9.18 Å². The van der Waals surface area contributed by atoms with Crippen molar-refractivity contribution in [2.45, 2.75) is 19.3 Å². The Hall–Kier alpha value is -2.16. The molecule has 0 atom stereocenters. The summed E-state index contributed by atoms with van der Waals surface area (Å²) in [7, 11) is 0. The highest BCUT2D eigenvalue weighted by Gasteiger charge is 2.05. The third-order valence-electron chi connectivity index (χ3n) is 2.93. The quantitative estimate of drug-likeness (QED) is 0.836. The molecule has 0 aromatic heterocycles. The summed E-state index contributed by atoms with van der Waals surface area (Å²) in [5.41, 5.74) is 8.15. The van der Waals surface area contributed by atoms with E-state index in [0.717, 1.165) is 11.1 Å². The van der Waals surface area contributed by atoms with E-state index in [0.29, 0.717) is 18.5 Å². The Morgan fingerprint density at radius 1 is 1.05 bits per heavy atom. The molecule has 2 nitrogen and oxygen atoms in total. The average molecular weight is 257 g/mol. The van der Waals surface area contributed by atoms with Crippen molar-refractivity contribution in [3.05, 3.63) is 65.5 Å². The van der Waals surface area contributed by atoms with Crippen LogP contribution < -0.4 is 5.73 Å². The fourth-order valence-corrected chi connectivity index (χ4v) is 2.00. The number of hydrogen-bond donors (Lipinski definition) is 1. The molecular weight excluding hydrogens is 241 g/mol. The molecule has 0 aliphatic heterocycles. The van der Waals surface area contributed by atoms with Gasteiger partial charge in [0.15, 0.2) is 0 Å². The number of aryl methyl sites for hydroxylation is 1. The van der Waals surface area contributed by atoms with Crippen molar-refractivity contribution in [3.63, 3.8) is 0 Å². The zero-order valence-electron chi connectivity index (χ0n) is 10.6. The highest BCUT2D eigenvalue weighted by atomic mass is 19.1. The summed E-state index contributed by atoms with van der Waals surface area (Å²) in [6.45, 7) is 0. The summed E-state index contributed by atoms with van der Waals surface area (Å²) < 4.78 is 13.0. The number of halogens is 1. The van der Waals surface area contributed by atoms with Gasteiger partial charge in [0.2, 0.25) is 0 Å². The molecular formula is C16H16FNO. The molecule has 0 saturated heterocycles. The maximum Gasteiger partial charge on any atom is 0.137 e. The zero-order chi connectivity index (χ0) is 13.7. The number of ketones is 1. The third kappa shape index (κ3) is 4.21. The summed E-state index contributed by atoms with van der Waals surface area (Å²) in [6, 6.07) is 13.7. The van der Waals surface area contributed by atoms with Crippen LogP contribution in [0.2, 0.25) is 0 Å². The molecule has 0 amide bonds. The highest BCUT2D eigenvalue weighted by molar-refractivity contribution is 5.81. The monoisotopic (exact) mass is 257 g/mol. The second-order valence-corrected chi connectivity index (χ2v) is 4.59. The fraction of sp³-hybridized carbons (Fsp3) is 0.188. The van der Waals surface area contributed by atoms with Crippen molar-refractivity contribution in [1.82, 2.24) is 0 Å². The van der Waals surface area contributed by atoms with Gasteiger partial charge in [0.05, 0.1) is 0 Å². The maximum absolute atomic E-state index is 13.0. The van der Waals surface area contributed by atoms with Crippen LogP contribution in [-0.2, 0) is 17.6 Å². The summed E-state index contributed by atoms with van der Waals surface area (Å²) in [5, 5.41) is 0. The van der Waals surface area contributed by atoms with E-state index in [1.54, 1.807) is 12.1 Å².